The third-order valence-electron chi connectivity index (χ3n) is 4.11. The Labute approximate surface area is 153 Å². The van der Waals surface area contributed by atoms with Crippen molar-refractivity contribution in [2.24, 2.45) is 4.99 Å². The topological polar surface area (TPSA) is 91.1 Å². The number of nitrogens with zero attached hydrogens (tertiary/aromatic N) is 3. The first-order valence-electron chi connectivity index (χ1n) is 8.62. The molecule has 2 aromatic heterocycles. The fourth-order valence-electron chi connectivity index (χ4n) is 2.62. The van der Waals surface area contributed by atoms with Crippen LogP contribution in [0.4, 0.5) is 0 Å². The molecule has 0 aliphatic heterocycles. The maximum Gasteiger partial charge on any atom is 0.216 e. The maximum atomic E-state index is 5.29. The average molecular weight is 352 g/mol. The lowest BCUT2D eigenvalue weighted by molar-refractivity contribution is 0.577. The van der Waals surface area contributed by atoms with Gasteiger partial charge in [-0.1, -0.05) is 36.8 Å². The van der Waals surface area contributed by atoms with Crippen molar-refractivity contribution in [3.63, 3.8) is 0 Å². The maximum absolute atomic E-state index is 5.29. The van der Waals surface area contributed by atoms with Crippen molar-refractivity contribution in [1.29, 1.82) is 0 Å². The lowest BCUT2D eigenvalue weighted by atomic mass is 9.99. The predicted octanol–water partition coefficient (Wildman–Crippen LogP) is 2.84. The molecule has 7 heteroatoms. The summed E-state index contributed by atoms with van der Waals surface area (Å²) in [5.41, 5.74) is 2.58. The van der Waals surface area contributed by atoms with Gasteiger partial charge in [0, 0.05) is 13.6 Å². The van der Waals surface area contributed by atoms with Crippen molar-refractivity contribution < 1.29 is 4.42 Å². The van der Waals surface area contributed by atoms with Crippen LogP contribution < -0.4 is 10.6 Å². The quantitative estimate of drug-likeness (QED) is 0.469. The van der Waals surface area contributed by atoms with Gasteiger partial charge < -0.3 is 15.1 Å². The fraction of sp³-hybridized carbons (Fsp3) is 0.316. The van der Waals surface area contributed by atoms with Crippen molar-refractivity contribution in [2.75, 3.05) is 13.6 Å². The second-order valence-corrected chi connectivity index (χ2v) is 6.20. The van der Waals surface area contributed by atoms with Crippen LogP contribution in [0.15, 0.2) is 52.1 Å². The minimum Gasteiger partial charge on any atom is -0.461 e. The molecule has 3 N–H and O–H groups in total. The number of hydrogen-bond donors (Lipinski definition) is 3. The van der Waals surface area contributed by atoms with Gasteiger partial charge in [-0.25, -0.2) is 4.98 Å². The minimum atomic E-state index is 0.379. The number of aliphatic imine (C=N–C) groups is 1. The zero-order chi connectivity index (χ0) is 18.4. The van der Waals surface area contributed by atoms with E-state index in [9.17, 15) is 0 Å². The van der Waals surface area contributed by atoms with E-state index in [1.807, 2.05) is 12.1 Å². The van der Waals surface area contributed by atoms with Gasteiger partial charge in [-0.15, -0.1) is 5.10 Å². The summed E-state index contributed by atoms with van der Waals surface area (Å²) in [6, 6.07) is 12.2. The SMILES string of the molecule is CN=C(NCc1nc(-c2ccco2)n[nH]1)NCC(C)c1cccc(C)c1. The van der Waals surface area contributed by atoms with E-state index in [1.54, 1.807) is 13.3 Å². The molecule has 0 radical (unpaired) electrons. The molecule has 1 atom stereocenters. The van der Waals surface area contributed by atoms with E-state index in [2.05, 4.69) is 68.9 Å². The van der Waals surface area contributed by atoms with Crippen LogP contribution in [-0.4, -0.2) is 34.7 Å². The Morgan fingerprint density at radius 2 is 2.15 bits per heavy atom. The minimum absolute atomic E-state index is 0.379. The molecular formula is C19H24N6O. The molecule has 0 bridgehead atoms. The van der Waals surface area contributed by atoms with Gasteiger partial charge in [0.25, 0.3) is 0 Å². The third kappa shape index (κ3) is 4.50. The number of guanidine groups is 1. The molecule has 3 rings (SSSR count). The van der Waals surface area contributed by atoms with Gasteiger partial charge in [0.1, 0.15) is 5.82 Å². The Balaban J connectivity index is 1.50. The van der Waals surface area contributed by atoms with Crippen LogP contribution in [-0.2, 0) is 6.54 Å². The van der Waals surface area contributed by atoms with E-state index in [0.29, 0.717) is 29.9 Å². The highest BCUT2D eigenvalue weighted by atomic mass is 16.3. The van der Waals surface area contributed by atoms with E-state index in [0.717, 1.165) is 12.5 Å². The van der Waals surface area contributed by atoms with E-state index >= 15 is 0 Å². The third-order valence-corrected chi connectivity index (χ3v) is 4.11. The molecular weight excluding hydrogens is 328 g/mol. The number of nitrogens with one attached hydrogen (secondary N) is 3. The molecule has 0 aliphatic carbocycles. The number of H-pyrrole nitrogens is 1. The van der Waals surface area contributed by atoms with Gasteiger partial charge in [-0.3, -0.25) is 10.1 Å². The zero-order valence-corrected chi connectivity index (χ0v) is 15.3. The van der Waals surface area contributed by atoms with Crippen LogP contribution in [0.5, 0.6) is 0 Å². The van der Waals surface area contributed by atoms with E-state index in [1.165, 1.54) is 11.1 Å². The smallest absolute Gasteiger partial charge is 0.216 e. The number of hydrogen-bond acceptors (Lipinski definition) is 4. The number of benzene rings is 1. The molecule has 0 aliphatic rings. The van der Waals surface area contributed by atoms with Crippen LogP contribution in [0, 0.1) is 6.92 Å². The molecule has 1 unspecified atom stereocenters. The van der Waals surface area contributed by atoms with E-state index in [-0.39, 0.29) is 0 Å². The van der Waals surface area contributed by atoms with Gasteiger partial charge in [-0.05, 0) is 30.5 Å². The van der Waals surface area contributed by atoms with Crippen LogP contribution in [0.1, 0.15) is 29.8 Å². The number of aromatic nitrogens is 3. The van der Waals surface area contributed by atoms with Gasteiger partial charge in [0.15, 0.2) is 11.7 Å². The molecule has 0 saturated carbocycles. The van der Waals surface area contributed by atoms with Crippen molar-refractivity contribution in [3.8, 4) is 11.6 Å². The lowest BCUT2D eigenvalue weighted by Gasteiger charge is -2.16. The Bertz CT molecular complexity index is 853. The summed E-state index contributed by atoms with van der Waals surface area (Å²) in [5.74, 6) is 3.00. The van der Waals surface area contributed by atoms with Crippen molar-refractivity contribution in [2.45, 2.75) is 26.3 Å². The zero-order valence-electron chi connectivity index (χ0n) is 15.3. The van der Waals surface area contributed by atoms with Crippen molar-refractivity contribution in [1.82, 2.24) is 25.8 Å². The first-order valence-corrected chi connectivity index (χ1v) is 8.62. The molecule has 1 aromatic carbocycles. The number of aryl methyl sites for hydroxylation is 1. The summed E-state index contributed by atoms with van der Waals surface area (Å²) in [5, 5.41) is 13.6. The van der Waals surface area contributed by atoms with Crippen LogP contribution in [0.25, 0.3) is 11.6 Å². The van der Waals surface area contributed by atoms with E-state index < -0.39 is 0 Å². The summed E-state index contributed by atoms with van der Waals surface area (Å²) in [6.45, 7) is 5.59. The lowest BCUT2D eigenvalue weighted by Crippen LogP contribution is -2.38. The predicted molar refractivity (Wildman–Crippen MR) is 102 cm³/mol. The molecule has 7 nitrogen and oxygen atoms in total. The van der Waals surface area contributed by atoms with Gasteiger partial charge in [0.2, 0.25) is 5.82 Å². The highest BCUT2D eigenvalue weighted by Gasteiger charge is 2.10. The second-order valence-electron chi connectivity index (χ2n) is 6.20. The van der Waals surface area contributed by atoms with Crippen LogP contribution >= 0.6 is 0 Å². The van der Waals surface area contributed by atoms with Crippen molar-refractivity contribution >= 4 is 5.96 Å². The largest absolute Gasteiger partial charge is 0.461 e. The molecule has 0 saturated heterocycles. The Morgan fingerprint density at radius 3 is 2.88 bits per heavy atom. The first kappa shape index (κ1) is 17.7. The summed E-state index contributed by atoms with van der Waals surface area (Å²) >= 11 is 0. The van der Waals surface area contributed by atoms with E-state index in [4.69, 9.17) is 4.42 Å². The number of furan rings is 1. The summed E-state index contributed by atoms with van der Waals surface area (Å²) in [7, 11) is 1.75. The summed E-state index contributed by atoms with van der Waals surface area (Å²) < 4.78 is 5.29. The van der Waals surface area contributed by atoms with Crippen molar-refractivity contribution in [3.05, 3.63) is 59.6 Å². The van der Waals surface area contributed by atoms with Gasteiger partial charge in [0.05, 0.1) is 12.8 Å². The molecule has 0 spiro atoms. The highest BCUT2D eigenvalue weighted by Crippen LogP contribution is 2.15. The molecule has 26 heavy (non-hydrogen) atoms. The monoisotopic (exact) mass is 352 g/mol. The first-order chi connectivity index (χ1) is 12.7. The molecule has 3 aromatic rings. The molecule has 0 amide bonds. The summed E-state index contributed by atoms with van der Waals surface area (Å²) in [6.07, 6.45) is 1.60. The normalized spacial score (nSPS) is 12.8. The average Bonchev–Trinajstić information content (AvgIpc) is 3.33. The Kier molecular flexibility index (Phi) is 5.68. The fourth-order valence-corrected chi connectivity index (χ4v) is 2.62. The summed E-state index contributed by atoms with van der Waals surface area (Å²) in [4.78, 5) is 8.66. The van der Waals surface area contributed by atoms with Gasteiger partial charge >= 0.3 is 0 Å². The Morgan fingerprint density at radius 1 is 1.27 bits per heavy atom. The molecule has 136 valence electrons. The Hall–Kier alpha value is -3.09. The second kappa shape index (κ2) is 8.33. The van der Waals surface area contributed by atoms with Crippen LogP contribution in [0.3, 0.4) is 0 Å². The highest BCUT2D eigenvalue weighted by molar-refractivity contribution is 5.79. The number of aromatic amines is 1. The standard InChI is InChI=1S/C19H24N6O/c1-13-6-4-7-15(10-13)14(2)11-21-19(20-3)22-12-17-23-18(25-24-17)16-8-5-9-26-16/h4-10,14H,11-12H2,1-3H3,(H2,20,21,22)(H,23,24,25). The van der Waals surface area contributed by atoms with Crippen LogP contribution in [0.2, 0.25) is 0 Å². The number of rotatable bonds is 6. The van der Waals surface area contributed by atoms with Gasteiger partial charge in [-0.2, -0.15) is 0 Å². The molecule has 2 heterocycles. The molecule has 0 fully saturated rings.